The van der Waals surface area contributed by atoms with Gasteiger partial charge in [-0.2, -0.15) is 13.2 Å². The van der Waals surface area contributed by atoms with E-state index in [-0.39, 0.29) is 12.5 Å². The highest BCUT2D eigenvalue weighted by atomic mass is 35.5. The molecule has 0 unspecified atom stereocenters. The Balaban J connectivity index is 1.22. The average molecular weight is 607 g/mol. The van der Waals surface area contributed by atoms with E-state index in [1.165, 1.54) is 24.5 Å². The Bertz CT molecular complexity index is 1640. The third-order valence-corrected chi connectivity index (χ3v) is 7.13. The van der Waals surface area contributed by atoms with Crippen molar-refractivity contribution < 1.29 is 36.6 Å². The highest BCUT2D eigenvalue weighted by Gasteiger charge is 2.42. The van der Waals surface area contributed by atoms with Gasteiger partial charge in [-0.1, -0.05) is 17.7 Å². The lowest BCUT2D eigenvalue weighted by Gasteiger charge is -2.31. The van der Waals surface area contributed by atoms with Crippen molar-refractivity contribution in [2.45, 2.75) is 38.1 Å². The van der Waals surface area contributed by atoms with Crippen LogP contribution in [-0.2, 0) is 29.7 Å². The van der Waals surface area contributed by atoms with Crippen molar-refractivity contribution in [3.63, 3.8) is 0 Å². The van der Waals surface area contributed by atoms with Crippen molar-refractivity contribution in [3.05, 3.63) is 76.5 Å². The summed E-state index contributed by atoms with van der Waals surface area (Å²) in [6.45, 7) is 1.84. The van der Waals surface area contributed by atoms with Gasteiger partial charge in [0.2, 0.25) is 5.88 Å². The predicted octanol–water partition coefficient (Wildman–Crippen LogP) is 4.76. The summed E-state index contributed by atoms with van der Waals surface area (Å²) in [6.07, 6.45) is 0.550. The molecule has 1 aliphatic rings. The summed E-state index contributed by atoms with van der Waals surface area (Å²) >= 11 is 5.82. The topological polar surface area (TPSA) is 112 Å². The van der Waals surface area contributed by atoms with E-state index in [2.05, 4.69) is 29.6 Å². The first-order valence-electron chi connectivity index (χ1n) is 12.7. The van der Waals surface area contributed by atoms with Gasteiger partial charge in [0.05, 0.1) is 18.3 Å². The maximum Gasteiger partial charge on any atom is 0.491 e. The third-order valence-electron chi connectivity index (χ3n) is 6.90. The van der Waals surface area contributed by atoms with E-state index in [1.807, 2.05) is 0 Å². The minimum atomic E-state index is -5.30. The van der Waals surface area contributed by atoms with Gasteiger partial charge in [-0.3, -0.25) is 9.88 Å². The van der Waals surface area contributed by atoms with Gasteiger partial charge in [0.15, 0.2) is 5.69 Å². The molecular formula is C27H23ClF4N6O4. The Hall–Kier alpha value is -4.17. The second kappa shape index (κ2) is 12.0. The molecule has 0 amide bonds. The highest BCUT2D eigenvalue weighted by Crippen LogP contribution is 2.32. The smallest absolute Gasteiger partial charge is 0.471 e. The fraction of sp³-hybridized carbons (Fsp3) is 0.333. The van der Waals surface area contributed by atoms with Crippen LogP contribution in [0.5, 0.6) is 5.88 Å². The Morgan fingerprint density at radius 1 is 1.10 bits per heavy atom. The van der Waals surface area contributed by atoms with Crippen molar-refractivity contribution in [2.24, 2.45) is 7.05 Å². The van der Waals surface area contributed by atoms with Crippen LogP contribution < -0.4 is 4.74 Å². The van der Waals surface area contributed by atoms with Gasteiger partial charge in [0.25, 0.3) is 0 Å². The Labute approximate surface area is 241 Å². The van der Waals surface area contributed by atoms with Gasteiger partial charge in [-0.15, -0.1) is 0 Å². The number of piperidine rings is 1. The van der Waals surface area contributed by atoms with Crippen molar-refractivity contribution >= 4 is 34.6 Å². The van der Waals surface area contributed by atoms with E-state index in [4.69, 9.17) is 16.3 Å². The fourth-order valence-corrected chi connectivity index (χ4v) is 4.83. The average Bonchev–Trinajstić information content (AvgIpc) is 3.26. The van der Waals surface area contributed by atoms with Crippen molar-refractivity contribution in [2.75, 3.05) is 13.1 Å². The van der Waals surface area contributed by atoms with Crippen LogP contribution in [0.15, 0.2) is 42.9 Å². The summed E-state index contributed by atoms with van der Waals surface area (Å²) < 4.78 is 62.9. The zero-order valence-corrected chi connectivity index (χ0v) is 22.8. The number of alkyl halides is 3. The molecule has 1 fully saturated rings. The van der Waals surface area contributed by atoms with Crippen molar-refractivity contribution in [1.82, 2.24) is 29.4 Å². The number of aromatic nitrogens is 5. The molecule has 1 aliphatic heterocycles. The molecule has 0 N–H and O–H groups in total. The van der Waals surface area contributed by atoms with Gasteiger partial charge in [-0.05, 0) is 44.1 Å². The van der Waals surface area contributed by atoms with Crippen molar-refractivity contribution in [3.8, 4) is 5.88 Å². The van der Waals surface area contributed by atoms with Gasteiger partial charge in [-0.25, -0.2) is 28.9 Å². The lowest BCUT2D eigenvalue weighted by molar-refractivity contribution is -0.193. The molecule has 0 aliphatic carbocycles. The minimum Gasteiger partial charge on any atom is -0.471 e. The molecule has 0 bridgehead atoms. The van der Waals surface area contributed by atoms with E-state index in [9.17, 15) is 27.2 Å². The number of carbonyl (C=O) groups is 2. The van der Waals surface area contributed by atoms with Gasteiger partial charge < -0.3 is 14.0 Å². The standard InChI is InChI=1S/C27H23ClF4N6O4/c1-37-21-11-19(25(39)42-26(40)27(30,31)32)35-12-20(21)36-22(37)13-38-8-4-15(5-9-38)23-24(34-7-6-33-23)41-14-16-2-3-17(28)10-18(16)29/h2-3,6-7,10-12,15H,4-5,8-9,13-14H2,1H3. The summed E-state index contributed by atoms with van der Waals surface area (Å²) in [4.78, 5) is 42.3. The zero-order chi connectivity index (χ0) is 30.0. The van der Waals surface area contributed by atoms with E-state index in [0.717, 1.165) is 12.8 Å². The first-order chi connectivity index (χ1) is 20.0. The number of pyridine rings is 1. The van der Waals surface area contributed by atoms with E-state index in [0.29, 0.717) is 58.7 Å². The number of benzene rings is 1. The molecule has 4 heterocycles. The molecule has 5 rings (SSSR count). The molecule has 4 aromatic rings. The molecule has 42 heavy (non-hydrogen) atoms. The largest absolute Gasteiger partial charge is 0.491 e. The number of nitrogens with zero attached hydrogens (tertiary/aromatic N) is 6. The number of carbonyl (C=O) groups excluding carboxylic acids is 2. The third kappa shape index (κ3) is 6.49. The molecule has 220 valence electrons. The van der Waals surface area contributed by atoms with Gasteiger partial charge >= 0.3 is 18.1 Å². The van der Waals surface area contributed by atoms with Crippen LogP contribution in [0.2, 0.25) is 5.02 Å². The Morgan fingerprint density at radius 3 is 2.55 bits per heavy atom. The number of hydrogen-bond acceptors (Lipinski definition) is 9. The monoisotopic (exact) mass is 606 g/mol. The zero-order valence-electron chi connectivity index (χ0n) is 22.1. The molecule has 10 nitrogen and oxygen atoms in total. The Kier molecular flexibility index (Phi) is 8.36. The molecule has 0 atom stereocenters. The van der Waals surface area contributed by atoms with Gasteiger partial charge in [0.1, 0.15) is 29.5 Å². The fourth-order valence-electron chi connectivity index (χ4n) is 4.67. The second-order valence-corrected chi connectivity index (χ2v) is 10.1. The lowest BCUT2D eigenvalue weighted by atomic mass is 9.93. The number of halogens is 5. The number of imidazole rings is 1. The predicted molar refractivity (Wildman–Crippen MR) is 140 cm³/mol. The van der Waals surface area contributed by atoms with Crippen molar-refractivity contribution in [1.29, 1.82) is 0 Å². The first kappa shape index (κ1) is 29.3. The summed E-state index contributed by atoms with van der Waals surface area (Å²) in [5.41, 5.74) is 1.47. The second-order valence-electron chi connectivity index (χ2n) is 9.64. The molecule has 1 saturated heterocycles. The minimum absolute atomic E-state index is 0.0206. The molecular weight excluding hydrogens is 584 g/mol. The van der Waals surface area contributed by atoms with Crippen LogP contribution in [-0.4, -0.2) is 60.6 Å². The SMILES string of the molecule is Cn1c(CN2CCC(c3nccnc3OCc3ccc(Cl)cc3F)CC2)nc2cnc(C(=O)OC(=O)C(F)(F)F)cc21. The number of hydrogen-bond donors (Lipinski definition) is 0. The van der Waals surface area contributed by atoms with Crippen LogP contribution in [0.1, 0.15) is 46.3 Å². The first-order valence-corrected chi connectivity index (χ1v) is 13.1. The Morgan fingerprint density at radius 2 is 1.83 bits per heavy atom. The number of ether oxygens (including phenoxy) is 2. The number of esters is 2. The van der Waals surface area contributed by atoms with Gasteiger partial charge in [0, 0.05) is 35.9 Å². The molecule has 0 radical (unpaired) electrons. The summed E-state index contributed by atoms with van der Waals surface area (Å²) in [5.74, 6) is -3.52. The number of fused-ring (bicyclic) bond motifs is 1. The van der Waals surface area contributed by atoms with Crippen LogP contribution in [0.25, 0.3) is 11.0 Å². The van der Waals surface area contributed by atoms with Crippen LogP contribution in [0.3, 0.4) is 0 Å². The van der Waals surface area contributed by atoms with E-state index >= 15 is 0 Å². The van der Waals surface area contributed by atoms with E-state index < -0.39 is 29.6 Å². The summed E-state index contributed by atoms with van der Waals surface area (Å²) in [6, 6.07) is 5.61. The highest BCUT2D eigenvalue weighted by molar-refractivity contribution is 6.30. The quantitative estimate of drug-likeness (QED) is 0.167. The normalized spacial score (nSPS) is 14.7. The lowest BCUT2D eigenvalue weighted by Crippen LogP contribution is -2.33. The molecule has 1 aromatic carbocycles. The molecule has 0 saturated carbocycles. The molecule has 0 spiro atoms. The number of aryl methyl sites for hydroxylation is 1. The van der Waals surface area contributed by atoms with E-state index in [1.54, 1.807) is 29.9 Å². The summed E-state index contributed by atoms with van der Waals surface area (Å²) in [7, 11) is 1.71. The van der Waals surface area contributed by atoms with Crippen LogP contribution >= 0.6 is 11.6 Å². The number of likely N-dealkylation sites (tertiary alicyclic amines) is 1. The van der Waals surface area contributed by atoms with Crippen LogP contribution in [0, 0.1) is 5.82 Å². The van der Waals surface area contributed by atoms with Crippen LogP contribution in [0.4, 0.5) is 17.6 Å². The molecule has 15 heteroatoms. The summed E-state index contributed by atoms with van der Waals surface area (Å²) in [5, 5.41) is 0.297. The maximum atomic E-state index is 14.2. The number of rotatable bonds is 7. The maximum absolute atomic E-state index is 14.2. The molecule has 3 aromatic heterocycles.